The molecule has 1 unspecified atom stereocenters. The normalized spacial score (nSPS) is 14.2. The van der Waals surface area contributed by atoms with Crippen LogP contribution in [-0.4, -0.2) is 18.0 Å². The minimum atomic E-state index is -4.55. The van der Waals surface area contributed by atoms with Gasteiger partial charge in [0.15, 0.2) is 0 Å². The van der Waals surface area contributed by atoms with Gasteiger partial charge < -0.3 is 0 Å². The molecule has 1 radical (unpaired) electrons. The number of aromatic nitrogens is 1. The fourth-order valence-corrected chi connectivity index (χ4v) is 1.17. The largest absolute Gasteiger partial charge is 0.300 e. The molecule has 1 heterocycles. The fraction of sp³-hybridized carbons (Fsp3) is 0.167. The van der Waals surface area contributed by atoms with E-state index in [0.29, 0.717) is 0 Å². The van der Waals surface area contributed by atoms with Crippen LogP contribution in [0.25, 0.3) is 0 Å². The van der Waals surface area contributed by atoms with Gasteiger partial charge in [-0.2, -0.15) is 8.42 Å². The molecule has 1 rings (SSSR count). The number of nitrogens with zero attached hydrogens (tertiary/aromatic N) is 1. The molecule has 0 aliphatic carbocycles. The average Bonchev–Trinajstić information content (AvgIpc) is 2.03. The second kappa shape index (κ2) is 3.18. The van der Waals surface area contributed by atoms with E-state index >= 15 is 0 Å². The van der Waals surface area contributed by atoms with Crippen molar-refractivity contribution in [2.24, 2.45) is 0 Å². The molecule has 6 heteroatoms. The highest BCUT2D eigenvalue weighted by atomic mass is 32.2. The topological polar surface area (TPSA) is 87.2 Å². The minimum Gasteiger partial charge on any atom is -0.283 e. The smallest absolute Gasteiger partial charge is 0.283 e. The summed E-state index contributed by atoms with van der Waals surface area (Å²) in [5.41, 5.74) is -2.23. The number of hydrogen-bond donors (Lipinski definition) is 1. The zero-order valence-electron chi connectivity index (χ0n) is 5.91. The summed E-state index contributed by atoms with van der Waals surface area (Å²) in [6.45, 7) is 0. The van der Waals surface area contributed by atoms with Crippen molar-refractivity contribution in [1.29, 1.82) is 0 Å². The molecule has 0 amide bonds. The monoisotopic (exact) mass is 188 g/mol. The third kappa shape index (κ3) is 2.00. The van der Waals surface area contributed by atoms with Gasteiger partial charge in [-0.05, 0) is 6.07 Å². The van der Waals surface area contributed by atoms with Crippen molar-refractivity contribution in [3.8, 4) is 0 Å². The van der Waals surface area contributed by atoms with Crippen molar-refractivity contribution in [3.63, 3.8) is 0 Å². The highest BCUT2D eigenvalue weighted by molar-refractivity contribution is 7.85. The summed E-state index contributed by atoms with van der Waals surface area (Å²) in [6.07, 6.45) is 2.51. The first-order valence-corrected chi connectivity index (χ1v) is 4.54. The molecule has 0 aliphatic rings. The maximum Gasteiger partial charge on any atom is 0.300 e. The highest BCUT2D eigenvalue weighted by Gasteiger charge is 2.23. The van der Waals surface area contributed by atoms with Crippen molar-refractivity contribution in [1.82, 2.24) is 4.98 Å². The van der Waals surface area contributed by atoms with Gasteiger partial charge in [0, 0.05) is 18.0 Å². The maximum absolute atomic E-state index is 10.9. The molecule has 1 aromatic rings. The van der Waals surface area contributed by atoms with Gasteiger partial charge in [-0.3, -0.25) is 9.54 Å². The van der Waals surface area contributed by atoms with E-state index in [2.05, 4.69) is 4.98 Å². The molecule has 0 aromatic carbocycles. The van der Waals surface area contributed by atoms with Crippen LogP contribution in [0.1, 0.15) is 11.0 Å². The lowest BCUT2D eigenvalue weighted by Gasteiger charge is -2.02. The van der Waals surface area contributed by atoms with E-state index in [0.717, 1.165) is 6.20 Å². The first-order valence-electron chi connectivity index (χ1n) is 3.04. The van der Waals surface area contributed by atoms with Crippen LogP contribution in [0.3, 0.4) is 0 Å². The van der Waals surface area contributed by atoms with E-state index < -0.39 is 15.6 Å². The third-order valence-electron chi connectivity index (χ3n) is 1.23. The lowest BCUT2D eigenvalue weighted by Crippen LogP contribution is -2.09. The molecule has 12 heavy (non-hydrogen) atoms. The van der Waals surface area contributed by atoms with E-state index in [4.69, 9.17) is 4.55 Å². The van der Waals surface area contributed by atoms with Crippen molar-refractivity contribution >= 4 is 10.1 Å². The molecule has 1 atom stereocenters. The van der Waals surface area contributed by atoms with Crippen LogP contribution >= 0.6 is 0 Å². The Labute approximate surface area is 69.4 Å². The Morgan fingerprint density at radius 2 is 2.17 bits per heavy atom. The minimum absolute atomic E-state index is 0.0694. The Bertz CT molecular complexity index is 347. The predicted molar refractivity (Wildman–Crippen MR) is 39.2 cm³/mol. The quantitative estimate of drug-likeness (QED) is 0.680. The zero-order valence-corrected chi connectivity index (χ0v) is 6.73. The van der Waals surface area contributed by atoms with Crippen LogP contribution in [0.5, 0.6) is 0 Å². The van der Waals surface area contributed by atoms with Gasteiger partial charge in [0.1, 0.15) is 0 Å². The molecular formula is C6H6NO4S. The molecule has 1 N–H and O–H groups in total. The Morgan fingerprint density at radius 3 is 2.58 bits per heavy atom. The summed E-state index contributed by atoms with van der Waals surface area (Å²) < 4.78 is 29.1. The summed E-state index contributed by atoms with van der Waals surface area (Å²) in [6, 6.07) is 2.71. The van der Waals surface area contributed by atoms with E-state index in [9.17, 15) is 13.5 Å². The molecule has 0 saturated carbocycles. The van der Waals surface area contributed by atoms with Crippen LogP contribution in [-0.2, 0) is 15.2 Å². The van der Waals surface area contributed by atoms with Crippen LogP contribution in [0.2, 0.25) is 0 Å². The van der Waals surface area contributed by atoms with Gasteiger partial charge in [-0.25, -0.2) is 5.11 Å². The Morgan fingerprint density at radius 1 is 1.50 bits per heavy atom. The van der Waals surface area contributed by atoms with Crippen molar-refractivity contribution in [2.75, 3.05) is 0 Å². The zero-order chi connectivity index (χ0) is 9.19. The lowest BCUT2D eigenvalue weighted by atomic mass is 10.3. The molecular weight excluding hydrogens is 182 g/mol. The summed E-state index contributed by atoms with van der Waals surface area (Å²) in [7, 11) is -4.55. The van der Waals surface area contributed by atoms with Crippen LogP contribution in [0, 0.1) is 0 Å². The van der Waals surface area contributed by atoms with Gasteiger partial charge in [-0.15, -0.1) is 0 Å². The van der Waals surface area contributed by atoms with Crippen molar-refractivity contribution in [3.05, 3.63) is 30.1 Å². The van der Waals surface area contributed by atoms with E-state index in [1.54, 1.807) is 0 Å². The fourth-order valence-electron chi connectivity index (χ4n) is 0.687. The number of pyridine rings is 1. The first-order chi connectivity index (χ1) is 5.52. The average molecular weight is 188 g/mol. The second-order valence-corrected chi connectivity index (χ2v) is 3.59. The van der Waals surface area contributed by atoms with Gasteiger partial charge in [-0.1, -0.05) is 6.07 Å². The molecule has 0 fully saturated rings. The summed E-state index contributed by atoms with van der Waals surface area (Å²) in [5.74, 6) is 0. The Hall–Kier alpha value is -0.980. The first kappa shape index (κ1) is 9.11. The van der Waals surface area contributed by atoms with Gasteiger partial charge in [0.05, 0.1) is 0 Å². The van der Waals surface area contributed by atoms with Crippen molar-refractivity contribution in [2.45, 2.75) is 5.44 Å². The summed E-state index contributed by atoms with van der Waals surface area (Å²) >= 11 is 0. The second-order valence-electron chi connectivity index (χ2n) is 2.13. The summed E-state index contributed by atoms with van der Waals surface area (Å²) in [5, 5.41) is 10.9. The molecule has 65 valence electrons. The summed E-state index contributed by atoms with van der Waals surface area (Å²) in [4.78, 5) is 3.54. The number of rotatable bonds is 2. The molecule has 1 aromatic heterocycles. The SMILES string of the molecule is [O]C(c1cccnc1)S(=O)(=O)O. The molecule has 5 nitrogen and oxygen atoms in total. The molecule has 0 saturated heterocycles. The van der Waals surface area contributed by atoms with E-state index in [1.807, 2.05) is 0 Å². The molecule has 0 aliphatic heterocycles. The standard InChI is InChI=1S/C6H6NO4S/c8-6(12(9,10)11)5-2-1-3-7-4-5/h1-4,6H,(H,9,10,11). The molecule has 0 bridgehead atoms. The lowest BCUT2D eigenvalue weighted by molar-refractivity contribution is 0.146. The van der Waals surface area contributed by atoms with Crippen molar-refractivity contribution < 1.29 is 18.1 Å². The van der Waals surface area contributed by atoms with E-state index in [-0.39, 0.29) is 5.56 Å². The Kier molecular flexibility index (Phi) is 2.41. The van der Waals surface area contributed by atoms with Gasteiger partial charge in [0.25, 0.3) is 10.1 Å². The van der Waals surface area contributed by atoms with Gasteiger partial charge >= 0.3 is 0 Å². The van der Waals surface area contributed by atoms with Crippen LogP contribution in [0.15, 0.2) is 24.5 Å². The predicted octanol–water partition coefficient (Wildman–Crippen LogP) is 0.399. The molecule has 0 spiro atoms. The highest BCUT2D eigenvalue weighted by Crippen LogP contribution is 2.16. The van der Waals surface area contributed by atoms with Crippen LogP contribution in [0.4, 0.5) is 0 Å². The van der Waals surface area contributed by atoms with E-state index in [1.165, 1.54) is 18.3 Å². The third-order valence-corrected chi connectivity index (χ3v) is 2.04. The van der Waals surface area contributed by atoms with Crippen LogP contribution < -0.4 is 0 Å². The maximum atomic E-state index is 10.9. The Balaban J connectivity index is 3.02. The number of hydrogen-bond acceptors (Lipinski definition) is 3. The van der Waals surface area contributed by atoms with Gasteiger partial charge in [0.2, 0.25) is 5.44 Å².